The number of sulfonamides is 1. The maximum atomic E-state index is 12.9. The molecule has 1 aliphatic heterocycles. The summed E-state index contributed by atoms with van der Waals surface area (Å²) >= 11 is 0. The molecule has 0 aromatic heterocycles. The number of carbonyl (C=O) groups is 3. The van der Waals surface area contributed by atoms with Crippen LogP contribution in [0.2, 0.25) is 0 Å². The average molecular weight is 510 g/mol. The van der Waals surface area contributed by atoms with E-state index in [0.29, 0.717) is 16.6 Å². The molecule has 186 valence electrons. The van der Waals surface area contributed by atoms with Gasteiger partial charge in [0.15, 0.2) is 0 Å². The van der Waals surface area contributed by atoms with Crippen LogP contribution in [0.5, 0.6) is 11.5 Å². The van der Waals surface area contributed by atoms with Gasteiger partial charge in [-0.3, -0.25) is 24.5 Å². The summed E-state index contributed by atoms with van der Waals surface area (Å²) in [6.45, 7) is -1.26. The van der Waals surface area contributed by atoms with Crippen molar-refractivity contribution in [1.82, 2.24) is 14.3 Å². The summed E-state index contributed by atoms with van der Waals surface area (Å²) in [6.07, 6.45) is 0. The predicted molar refractivity (Wildman–Crippen MR) is 128 cm³/mol. The first-order valence-electron chi connectivity index (χ1n) is 10.9. The smallest absolute Gasteiger partial charge is 0.261 e. The highest BCUT2D eigenvalue weighted by Crippen LogP contribution is 2.24. The molecule has 0 atom stereocenters. The zero-order chi connectivity index (χ0) is 25.9. The molecule has 36 heavy (non-hydrogen) atoms. The number of para-hydroxylation sites is 1. The van der Waals surface area contributed by atoms with Crippen LogP contribution < -0.4 is 4.74 Å². The van der Waals surface area contributed by atoms with Crippen molar-refractivity contribution in [3.63, 3.8) is 0 Å². The molecule has 0 aliphatic carbocycles. The van der Waals surface area contributed by atoms with Gasteiger partial charge in [0, 0.05) is 13.6 Å². The molecule has 0 bridgehead atoms. The highest BCUT2D eigenvalue weighted by atomic mass is 32.2. The molecule has 1 aliphatic rings. The van der Waals surface area contributed by atoms with E-state index in [-0.39, 0.29) is 29.1 Å². The van der Waals surface area contributed by atoms with Crippen LogP contribution in [0.1, 0.15) is 20.7 Å². The minimum atomic E-state index is -4.04. The molecule has 0 fully saturated rings. The van der Waals surface area contributed by atoms with Crippen molar-refractivity contribution in [1.29, 1.82) is 0 Å². The molecule has 1 heterocycles. The zero-order valence-electron chi connectivity index (χ0n) is 19.3. The number of hydroxylamine groups is 2. The Morgan fingerprint density at radius 1 is 0.861 bits per heavy atom. The Hall–Kier alpha value is -4.06. The second kappa shape index (κ2) is 10.3. The number of carbonyl (C=O) groups excluding carboxylic acids is 3. The number of fused-ring (bicyclic) bond motifs is 1. The van der Waals surface area contributed by atoms with Crippen LogP contribution in [0.3, 0.4) is 0 Å². The third-order valence-corrected chi connectivity index (χ3v) is 7.39. The molecule has 3 aromatic rings. The Labute approximate surface area is 207 Å². The number of rotatable bonds is 9. The Morgan fingerprint density at radius 3 is 1.97 bits per heavy atom. The number of hydrogen-bond acceptors (Lipinski definition) is 7. The van der Waals surface area contributed by atoms with E-state index >= 15 is 0 Å². The molecule has 0 radical (unpaired) electrons. The molecule has 3 amide bonds. The SMILES string of the molecule is CN(CC(=O)N(O)CCN1C(=O)c2ccccc2C1=O)S(=O)(=O)c1ccc(Oc2ccccc2)cc1. The molecule has 4 rings (SSSR count). The maximum absolute atomic E-state index is 12.9. The number of benzene rings is 3. The Morgan fingerprint density at radius 2 is 1.39 bits per heavy atom. The Kier molecular flexibility index (Phi) is 7.15. The standard InChI is InChI=1S/C25H23N3O7S/c1-26(36(33,34)20-13-11-19(12-14-20)35-18-7-3-2-4-8-18)17-23(29)28(32)16-15-27-24(30)21-9-5-6-10-22(21)25(27)31/h2-14,32H,15-17H2,1H3. The summed E-state index contributed by atoms with van der Waals surface area (Å²) in [4.78, 5) is 38.1. The lowest BCUT2D eigenvalue weighted by Crippen LogP contribution is -2.43. The Balaban J connectivity index is 1.33. The van der Waals surface area contributed by atoms with Gasteiger partial charge in [-0.1, -0.05) is 30.3 Å². The normalized spacial score (nSPS) is 13.1. The molecule has 10 nitrogen and oxygen atoms in total. The fourth-order valence-corrected chi connectivity index (χ4v) is 4.72. The molecule has 0 saturated carbocycles. The van der Waals surface area contributed by atoms with Crippen LogP contribution in [-0.4, -0.2) is 72.3 Å². The summed E-state index contributed by atoms with van der Waals surface area (Å²) in [5.74, 6) is -0.915. The van der Waals surface area contributed by atoms with E-state index in [0.717, 1.165) is 9.21 Å². The van der Waals surface area contributed by atoms with E-state index in [1.165, 1.54) is 43.4 Å². The first-order valence-corrected chi connectivity index (χ1v) is 12.4. The van der Waals surface area contributed by atoms with Crippen molar-refractivity contribution in [3.8, 4) is 11.5 Å². The van der Waals surface area contributed by atoms with Crippen molar-refractivity contribution in [2.24, 2.45) is 0 Å². The molecule has 0 unspecified atom stereocenters. The topological polar surface area (TPSA) is 125 Å². The van der Waals surface area contributed by atoms with Gasteiger partial charge < -0.3 is 4.74 Å². The largest absolute Gasteiger partial charge is 0.457 e. The fraction of sp³-hybridized carbons (Fsp3) is 0.160. The maximum Gasteiger partial charge on any atom is 0.261 e. The summed E-state index contributed by atoms with van der Waals surface area (Å²) in [5.41, 5.74) is 0.508. The first kappa shape index (κ1) is 25.0. The Bertz CT molecular complexity index is 1360. The molecule has 0 spiro atoms. The highest BCUT2D eigenvalue weighted by Gasteiger charge is 2.35. The van der Waals surface area contributed by atoms with Crippen molar-refractivity contribution in [2.45, 2.75) is 4.90 Å². The second-order valence-electron chi connectivity index (χ2n) is 7.97. The van der Waals surface area contributed by atoms with Gasteiger partial charge >= 0.3 is 0 Å². The van der Waals surface area contributed by atoms with Crippen LogP contribution >= 0.6 is 0 Å². The van der Waals surface area contributed by atoms with Gasteiger partial charge in [0.05, 0.1) is 29.1 Å². The zero-order valence-corrected chi connectivity index (χ0v) is 20.1. The summed E-state index contributed by atoms with van der Waals surface area (Å²) < 4.78 is 32.2. The van der Waals surface area contributed by atoms with Crippen LogP contribution in [-0.2, 0) is 14.8 Å². The summed E-state index contributed by atoms with van der Waals surface area (Å²) in [6, 6.07) is 21.0. The van der Waals surface area contributed by atoms with Crippen LogP contribution in [0.25, 0.3) is 0 Å². The molecular weight excluding hydrogens is 486 g/mol. The molecule has 3 aromatic carbocycles. The fourth-order valence-electron chi connectivity index (χ4n) is 3.60. The van der Waals surface area contributed by atoms with Gasteiger partial charge in [-0.25, -0.2) is 13.5 Å². The van der Waals surface area contributed by atoms with E-state index < -0.39 is 34.3 Å². The number of ether oxygens (including phenoxy) is 1. The molecule has 0 saturated heterocycles. The van der Waals surface area contributed by atoms with Crippen molar-refractivity contribution < 1.29 is 32.7 Å². The van der Waals surface area contributed by atoms with Crippen LogP contribution in [0.15, 0.2) is 83.8 Å². The number of imide groups is 1. The van der Waals surface area contributed by atoms with E-state index in [9.17, 15) is 28.0 Å². The van der Waals surface area contributed by atoms with Crippen molar-refractivity contribution >= 4 is 27.7 Å². The van der Waals surface area contributed by atoms with Gasteiger partial charge in [0.1, 0.15) is 11.5 Å². The monoisotopic (exact) mass is 509 g/mol. The van der Waals surface area contributed by atoms with Gasteiger partial charge in [-0.05, 0) is 48.5 Å². The number of amides is 3. The minimum Gasteiger partial charge on any atom is -0.457 e. The molecule has 1 N–H and O–H groups in total. The van der Waals surface area contributed by atoms with E-state index in [2.05, 4.69) is 0 Å². The van der Waals surface area contributed by atoms with Gasteiger partial charge in [-0.2, -0.15) is 4.31 Å². The van der Waals surface area contributed by atoms with E-state index in [1.54, 1.807) is 24.3 Å². The van der Waals surface area contributed by atoms with Gasteiger partial charge in [0.2, 0.25) is 10.0 Å². The third kappa shape index (κ3) is 5.13. The summed E-state index contributed by atoms with van der Waals surface area (Å²) in [7, 11) is -2.83. The van der Waals surface area contributed by atoms with Crippen molar-refractivity contribution in [3.05, 3.63) is 90.0 Å². The molecular formula is C25H23N3O7S. The second-order valence-corrected chi connectivity index (χ2v) is 10.0. The molecule has 11 heteroatoms. The highest BCUT2D eigenvalue weighted by molar-refractivity contribution is 7.89. The number of hydrogen-bond donors (Lipinski definition) is 1. The number of nitrogens with zero attached hydrogens (tertiary/aromatic N) is 3. The first-order chi connectivity index (χ1) is 17.2. The number of likely N-dealkylation sites (N-methyl/N-ethyl adjacent to an activating group) is 1. The average Bonchev–Trinajstić information content (AvgIpc) is 3.12. The van der Waals surface area contributed by atoms with E-state index in [1.807, 2.05) is 18.2 Å². The quantitative estimate of drug-likeness (QED) is 0.267. The van der Waals surface area contributed by atoms with E-state index in [4.69, 9.17) is 4.74 Å². The lowest BCUT2D eigenvalue weighted by molar-refractivity contribution is -0.165. The lowest BCUT2D eigenvalue weighted by atomic mass is 10.1. The van der Waals surface area contributed by atoms with Gasteiger partial charge in [-0.15, -0.1) is 0 Å². The third-order valence-electron chi connectivity index (χ3n) is 5.57. The van der Waals surface area contributed by atoms with Crippen LogP contribution in [0, 0.1) is 0 Å². The predicted octanol–water partition coefficient (Wildman–Crippen LogP) is 2.61. The van der Waals surface area contributed by atoms with Crippen molar-refractivity contribution in [2.75, 3.05) is 26.7 Å². The minimum absolute atomic E-state index is 0.0614. The van der Waals surface area contributed by atoms with Crippen LogP contribution in [0.4, 0.5) is 0 Å². The van der Waals surface area contributed by atoms with Gasteiger partial charge in [0.25, 0.3) is 17.7 Å². The summed E-state index contributed by atoms with van der Waals surface area (Å²) in [5, 5.41) is 10.4. The lowest BCUT2D eigenvalue weighted by Gasteiger charge is -2.22.